The van der Waals surface area contributed by atoms with Crippen LogP contribution in [0.1, 0.15) is 25.0 Å². The molecule has 0 bridgehead atoms. The number of hydrogen-bond acceptors (Lipinski definition) is 2. The fraction of sp³-hybridized carbons (Fsp3) is 0.333. The second kappa shape index (κ2) is 6.50. The number of hydrogen-bond donors (Lipinski definition) is 1. The van der Waals surface area contributed by atoms with Crippen molar-refractivity contribution in [2.45, 2.75) is 25.8 Å². The Bertz CT molecular complexity index is 573. The van der Waals surface area contributed by atoms with E-state index in [0.717, 1.165) is 23.8 Å². The van der Waals surface area contributed by atoms with Gasteiger partial charge in [0, 0.05) is 29.2 Å². The van der Waals surface area contributed by atoms with Gasteiger partial charge < -0.3 is 10.6 Å². The van der Waals surface area contributed by atoms with E-state index in [9.17, 15) is 0 Å². The largest absolute Gasteiger partial charge is 0.399 e. The maximum atomic E-state index is 5.92. The smallest absolute Gasteiger partial charge is 0.0406 e. The van der Waals surface area contributed by atoms with Crippen LogP contribution in [0.5, 0.6) is 0 Å². The van der Waals surface area contributed by atoms with Crippen molar-refractivity contribution in [3.63, 3.8) is 0 Å². The lowest BCUT2D eigenvalue weighted by Crippen LogP contribution is -2.34. The topological polar surface area (TPSA) is 29.3 Å². The van der Waals surface area contributed by atoms with E-state index >= 15 is 0 Å². The van der Waals surface area contributed by atoms with Crippen LogP contribution in [0, 0.1) is 0 Å². The Labute approximate surface area is 132 Å². The van der Waals surface area contributed by atoms with Crippen LogP contribution in [0.2, 0.25) is 5.02 Å². The first-order valence-corrected chi connectivity index (χ1v) is 7.54. The lowest BCUT2D eigenvalue weighted by atomic mass is 9.84. The minimum absolute atomic E-state index is 0.0782. The molecule has 0 spiro atoms. The Kier molecular flexibility index (Phi) is 4.92. The average molecular weight is 303 g/mol. The highest BCUT2D eigenvalue weighted by atomic mass is 35.5. The number of nitrogens with two attached hydrogens (primary N) is 1. The summed E-state index contributed by atoms with van der Waals surface area (Å²) in [7, 11) is 2.15. The van der Waals surface area contributed by atoms with Gasteiger partial charge in [-0.05, 0) is 42.4 Å². The van der Waals surface area contributed by atoms with Crippen molar-refractivity contribution >= 4 is 17.3 Å². The van der Waals surface area contributed by atoms with Crippen molar-refractivity contribution < 1.29 is 0 Å². The van der Waals surface area contributed by atoms with Gasteiger partial charge in [-0.3, -0.25) is 0 Å². The maximum absolute atomic E-state index is 5.92. The summed E-state index contributed by atoms with van der Waals surface area (Å²) in [5, 5.41) is 0.781. The lowest BCUT2D eigenvalue weighted by molar-refractivity contribution is 0.261. The standard InChI is InChI=1S/C18H23ClN2/c1-18(2,15-6-10-17(20)11-7-15)13-21(3)12-14-4-8-16(19)9-5-14/h4-11H,12-13,20H2,1-3H3. The molecule has 0 atom stereocenters. The molecule has 21 heavy (non-hydrogen) atoms. The molecule has 0 aliphatic rings. The van der Waals surface area contributed by atoms with Gasteiger partial charge in [-0.1, -0.05) is 49.7 Å². The molecular weight excluding hydrogens is 280 g/mol. The summed E-state index contributed by atoms with van der Waals surface area (Å²) in [5.74, 6) is 0. The summed E-state index contributed by atoms with van der Waals surface area (Å²) in [6.07, 6.45) is 0. The molecule has 2 aromatic carbocycles. The van der Waals surface area contributed by atoms with Gasteiger partial charge in [0.2, 0.25) is 0 Å². The summed E-state index contributed by atoms with van der Waals surface area (Å²) >= 11 is 5.92. The Morgan fingerprint density at radius 2 is 1.57 bits per heavy atom. The molecule has 2 aromatic rings. The number of anilines is 1. The number of rotatable bonds is 5. The molecule has 0 amide bonds. The molecule has 0 unspecified atom stereocenters. The van der Waals surface area contributed by atoms with E-state index in [0.29, 0.717) is 0 Å². The van der Waals surface area contributed by atoms with Crippen molar-refractivity contribution in [1.29, 1.82) is 0 Å². The van der Waals surface area contributed by atoms with Crippen LogP contribution < -0.4 is 5.73 Å². The summed E-state index contributed by atoms with van der Waals surface area (Å²) in [6.45, 7) is 6.41. The fourth-order valence-electron chi connectivity index (χ4n) is 2.66. The van der Waals surface area contributed by atoms with Crippen LogP contribution >= 0.6 is 11.6 Å². The van der Waals surface area contributed by atoms with E-state index in [-0.39, 0.29) is 5.41 Å². The van der Waals surface area contributed by atoms with Crippen LogP contribution in [0.3, 0.4) is 0 Å². The molecule has 2 nitrogen and oxygen atoms in total. The van der Waals surface area contributed by atoms with Crippen LogP contribution in [-0.4, -0.2) is 18.5 Å². The van der Waals surface area contributed by atoms with Gasteiger partial charge in [-0.25, -0.2) is 0 Å². The second-order valence-corrected chi connectivity index (χ2v) is 6.74. The Balaban J connectivity index is 2.01. The molecular formula is C18H23ClN2. The highest BCUT2D eigenvalue weighted by molar-refractivity contribution is 6.30. The molecule has 112 valence electrons. The van der Waals surface area contributed by atoms with Gasteiger partial charge in [0.15, 0.2) is 0 Å². The van der Waals surface area contributed by atoms with Gasteiger partial charge in [-0.2, -0.15) is 0 Å². The van der Waals surface area contributed by atoms with Crippen molar-refractivity contribution in [1.82, 2.24) is 4.90 Å². The molecule has 2 rings (SSSR count). The first-order chi connectivity index (χ1) is 9.87. The van der Waals surface area contributed by atoms with E-state index in [2.05, 4.69) is 50.1 Å². The van der Waals surface area contributed by atoms with Crippen LogP contribution in [0.4, 0.5) is 5.69 Å². The Morgan fingerprint density at radius 3 is 2.14 bits per heavy atom. The van der Waals surface area contributed by atoms with Gasteiger partial charge in [-0.15, -0.1) is 0 Å². The number of nitrogens with zero attached hydrogens (tertiary/aromatic N) is 1. The zero-order chi connectivity index (χ0) is 15.5. The van der Waals surface area contributed by atoms with E-state index < -0.39 is 0 Å². The number of nitrogen functional groups attached to an aromatic ring is 1. The van der Waals surface area contributed by atoms with Crippen molar-refractivity contribution in [2.24, 2.45) is 0 Å². The predicted octanol–water partition coefficient (Wildman–Crippen LogP) is 4.33. The average Bonchev–Trinajstić information content (AvgIpc) is 2.41. The SMILES string of the molecule is CN(Cc1ccc(Cl)cc1)CC(C)(C)c1ccc(N)cc1. The van der Waals surface area contributed by atoms with Crippen LogP contribution in [-0.2, 0) is 12.0 Å². The Hall–Kier alpha value is -1.51. The molecule has 0 saturated heterocycles. The predicted molar refractivity (Wildman–Crippen MR) is 91.7 cm³/mol. The summed E-state index contributed by atoms with van der Waals surface area (Å²) in [6, 6.07) is 16.2. The number of halogens is 1. The minimum atomic E-state index is 0.0782. The number of benzene rings is 2. The lowest BCUT2D eigenvalue weighted by Gasteiger charge is -2.31. The summed E-state index contributed by atoms with van der Waals surface area (Å²) in [5.41, 5.74) is 9.23. The van der Waals surface area contributed by atoms with E-state index in [1.165, 1.54) is 11.1 Å². The summed E-state index contributed by atoms with van der Waals surface area (Å²) < 4.78 is 0. The van der Waals surface area contributed by atoms with Gasteiger partial charge in [0.1, 0.15) is 0 Å². The quantitative estimate of drug-likeness (QED) is 0.833. The maximum Gasteiger partial charge on any atom is 0.0406 e. The molecule has 0 radical (unpaired) electrons. The van der Waals surface area contributed by atoms with E-state index in [4.69, 9.17) is 17.3 Å². The van der Waals surface area contributed by atoms with E-state index in [1.807, 2.05) is 24.3 Å². The summed E-state index contributed by atoms with van der Waals surface area (Å²) in [4.78, 5) is 2.33. The zero-order valence-electron chi connectivity index (χ0n) is 12.9. The monoisotopic (exact) mass is 302 g/mol. The van der Waals surface area contributed by atoms with Crippen LogP contribution in [0.15, 0.2) is 48.5 Å². The highest BCUT2D eigenvalue weighted by Gasteiger charge is 2.22. The molecule has 0 saturated carbocycles. The fourth-order valence-corrected chi connectivity index (χ4v) is 2.78. The molecule has 0 aliphatic heterocycles. The molecule has 0 heterocycles. The van der Waals surface area contributed by atoms with Gasteiger partial charge in [0.05, 0.1) is 0 Å². The molecule has 0 aromatic heterocycles. The van der Waals surface area contributed by atoms with Crippen molar-refractivity contribution in [2.75, 3.05) is 19.3 Å². The van der Waals surface area contributed by atoms with Crippen molar-refractivity contribution in [3.8, 4) is 0 Å². The second-order valence-electron chi connectivity index (χ2n) is 6.30. The van der Waals surface area contributed by atoms with Crippen LogP contribution in [0.25, 0.3) is 0 Å². The third-order valence-corrected chi connectivity index (χ3v) is 3.98. The first-order valence-electron chi connectivity index (χ1n) is 7.16. The van der Waals surface area contributed by atoms with Gasteiger partial charge in [0.25, 0.3) is 0 Å². The Morgan fingerprint density at radius 1 is 1.00 bits per heavy atom. The molecule has 0 fully saturated rings. The first kappa shape index (κ1) is 15.9. The normalized spacial score (nSPS) is 11.9. The third kappa shape index (κ3) is 4.48. The molecule has 0 aliphatic carbocycles. The van der Waals surface area contributed by atoms with Gasteiger partial charge >= 0.3 is 0 Å². The third-order valence-electron chi connectivity index (χ3n) is 3.72. The minimum Gasteiger partial charge on any atom is -0.399 e. The highest BCUT2D eigenvalue weighted by Crippen LogP contribution is 2.25. The zero-order valence-corrected chi connectivity index (χ0v) is 13.7. The van der Waals surface area contributed by atoms with E-state index in [1.54, 1.807) is 0 Å². The molecule has 2 N–H and O–H groups in total. The molecule has 3 heteroatoms. The van der Waals surface area contributed by atoms with Crippen molar-refractivity contribution in [3.05, 3.63) is 64.7 Å². The number of likely N-dealkylation sites (N-methyl/N-ethyl adjacent to an activating group) is 1.